The zero-order valence-corrected chi connectivity index (χ0v) is 17.4. The number of amides is 1. The van der Waals surface area contributed by atoms with Crippen molar-refractivity contribution < 1.29 is 9.32 Å². The summed E-state index contributed by atoms with van der Waals surface area (Å²) in [7, 11) is 0. The maximum Gasteiger partial charge on any atom is 0.246 e. The van der Waals surface area contributed by atoms with Gasteiger partial charge in [-0.15, -0.1) is 0 Å². The number of rotatable bonds is 5. The molecular formula is C24H26N4O2. The highest BCUT2D eigenvalue weighted by atomic mass is 16.5. The van der Waals surface area contributed by atoms with Crippen molar-refractivity contribution in [3.63, 3.8) is 0 Å². The van der Waals surface area contributed by atoms with Gasteiger partial charge in [-0.3, -0.25) is 9.69 Å². The summed E-state index contributed by atoms with van der Waals surface area (Å²) < 4.78 is 5.43. The van der Waals surface area contributed by atoms with Crippen molar-refractivity contribution in [3.8, 4) is 11.4 Å². The van der Waals surface area contributed by atoms with Gasteiger partial charge in [0.05, 0.1) is 6.54 Å². The fourth-order valence-corrected chi connectivity index (χ4v) is 3.50. The van der Waals surface area contributed by atoms with Crippen LogP contribution in [-0.4, -0.2) is 52.0 Å². The highest BCUT2D eigenvalue weighted by Gasteiger charge is 2.21. The Hall–Kier alpha value is -3.25. The van der Waals surface area contributed by atoms with Gasteiger partial charge >= 0.3 is 0 Å². The largest absolute Gasteiger partial charge is 0.338 e. The first-order chi connectivity index (χ1) is 14.6. The minimum absolute atomic E-state index is 0.0515. The van der Waals surface area contributed by atoms with E-state index in [1.807, 2.05) is 67.3 Å². The molecule has 1 fully saturated rings. The molecule has 6 heteroatoms. The molecule has 1 aliphatic heterocycles. The van der Waals surface area contributed by atoms with Crippen LogP contribution in [0, 0.1) is 13.8 Å². The topological polar surface area (TPSA) is 62.5 Å². The lowest BCUT2D eigenvalue weighted by atomic mass is 10.1. The first-order valence-corrected chi connectivity index (χ1v) is 10.2. The number of carbonyl (C=O) groups excluding carboxylic acids is 1. The second kappa shape index (κ2) is 9.05. The van der Waals surface area contributed by atoms with E-state index in [0.717, 1.165) is 24.2 Å². The van der Waals surface area contributed by atoms with Crippen LogP contribution < -0.4 is 0 Å². The van der Waals surface area contributed by atoms with Crippen LogP contribution in [0.5, 0.6) is 0 Å². The van der Waals surface area contributed by atoms with Crippen LogP contribution in [0.15, 0.2) is 59.1 Å². The lowest BCUT2D eigenvalue weighted by molar-refractivity contribution is -0.127. The molecule has 0 bridgehead atoms. The third-order valence-corrected chi connectivity index (χ3v) is 5.28. The Morgan fingerprint density at radius 2 is 1.80 bits per heavy atom. The van der Waals surface area contributed by atoms with Gasteiger partial charge in [-0.05, 0) is 25.5 Å². The van der Waals surface area contributed by atoms with E-state index in [1.54, 1.807) is 6.08 Å². The van der Waals surface area contributed by atoms with E-state index in [0.29, 0.717) is 31.3 Å². The predicted octanol–water partition coefficient (Wildman–Crippen LogP) is 3.71. The SMILES string of the molecule is Cc1ccc(-c2noc(CN3CCN(C(=O)C=Cc4cccc(C)c4)CC3)n2)cc1. The van der Waals surface area contributed by atoms with Crippen LogP contribution in [0.4, 0.5) is 0 Å². The molecule has 0 saturated carbocycles. The molecule has 2 aromatic carbocycles. The molecule has 4 rings (SSSR count). The molecule has 6 nitrogen and oxygen atoms in total. The first kappa shape index (κ1) is 20.0. The molecule has 0 spiro atoms. The zero-order valence-electron chi connectivity index (χ0n) is 17.4. The van der Waals surface area contributed by atoms with Crippen molar-refractivity contribution in [2.45, 2.75) is 20.4 Å². The molecule has 0 radical (unpaired) electrons. The molecule has 1 saturated heterocycles. The Morgan fingerprint density at radius 1 is 1.03 bits per heavy atom. The molecule has 0 atom stereocenters. The van der Waals surface area contributed by atoms with Gasteiger partial charge in [0.15, 0.2) is 0 Å². The van der Waals surface area contributed by atoms with E-state index in [1.165, 1.54) is 11.1 Å². The third kappa shape index (κ3) is 5.02. The van der Waals surface area contributed by atoms with Crippen molar-refractivity contribution in [1.29, 1.82) is 0 Å². The average molecular weight is 402 g/mol. The molecule has 0 N–H and O–H groups in total. The molecular weight excluding hydrogens is 376 g/mol. The van der Waals surface area contributed by atoms with E-state index in [4.69, 9.17) is 4.52 Å². The maximum absolute atomic E-state index is 12.5. The maximum atomic E-state index is 12.5. The number of nitrogens with zero attached hydrogens (tertiary/aromatic N) is 4. The van der Waals surface area contributed by atoms with Crippen molar-refractivity contribution in [2.75, 3.05) is 26.2 Å². The number of benzene rings is 2. The van der Waals surface area contributed by atoms with Crippen molar-refractivity contribution in [2.24, 2.45) is 0 Å². The average Bonchev–Trinajstić information content (AvgIpc) is 3.21. The molecule has 1 amide bonds. The van der Waals surface area contributed by atoms with E-state index in [2.05, 4.69) is 21.1 Å². The Kier molecular flexibility index (Phi) is 6.05. The van der Waals surface area contributed by atoms with Crippen LogP contribution in [0.2, 0.25) is 0 Å². The van der Waals surface area contributed by atoms with E-state index in [-0.39, 0.29) is 5.91 Å². The van der Waals surface area contributed by atoms with Crippen LogP contribution in [0.25, 0.3) is 17.5 Å². The number of aryl methyl sites for hydroxylation is 2. The van der Waals surface area contributed by atoms with Gasteiger partial charge in [0, 0.05) is 37.8 Å². The molecule has 154 valence electrons. The number of hydrogen-bond acceptors (Lipinski definition) is 5. The van der Waals surface area contributed by atoms with Gasteiger partial charge in [0.25, 0.3) is 0 Å². The van der Waals surface area contributed by atoms with Gasteiger partial charge in [-0.1, -0.05) is 64.8 Å². The second-order valence-electron chi connectivity index (χ2n) is 7.73. The summed E-state index contributed by atoms with van der Waals surface area (Å²) >= 11 is 0. The van der Waals surface area contributed by atoms with Crippen LogP contribution >= 0.6 is 0 Å². The molecule has 1 aliphatic rings. The number of aromatic nitrogens is 2. The summed E-state index contributed by atoms with van der Waals surface area (Å²) in [6, 6.07) is 16.2. The summed E-state index contributed by atoms with van der Waals surface area (Å²) in [4.78, 5) is 21.1. The zero-order chi connectivity index (χ0) is 20.9. The number of carbonyl (C=O) groups is 1. The summed E-state index contributed by atoms with van der Waals surface area (Å²) in [5, 5.41) is 4.10. The fraction of sp³-hybridized carbons (Fsp3) is 0.292. The van der Waals surface area contributed by atoms with E-state index < -0.39 is 0 Å². The lowest BCUT2D eigenvalue weighted by Gasteiger charge is -2.33. The summed E-state index contributed by atoms with van der Waals surface area (Å²) in [5.74, 6) is 1.26. The highest BCUT2D eigenvalue weighted by Crippen LogP contribution is 2.17. The molecule has 1 aromatic heterocycles. The Balaban J connectivity index is 1.28. The van der Waals surface area contributed by atoms with Crippen molar-refractivity contribution in [3.05, 3.63) is 77.2 Å². The van der Waals surface area contributed by atoms with Gasteiger partial charge in [0.2, 0.25) is 17.6 Å². The minimum atomic E-state index is 0.0515. The quantitative estimate of drug-likeness (QED) is 0.609. The molecule has 2 heterocycles. The smallest absolute Gasteiger partial charge is 0.246 e. The van der Waals surface area contributed by atoms with Gasteiger partial charge < -0.3 is 9.42 Å². The Labute approximate surface area is 176 Å². The monoisotopic (exact) mass is 402 g/mol. The summed E-state index contributed by atoms with van der Waals surface area (Å²) in [6.07, 6.45) is 3.54. The summed E-state index contributed by atoms with van der Waals surface area (Å²) in [6.45, 7) is 7.64. The first-order valence-electron chi connectivity index (χ1n) is 10.2. The van der Waals surface area contributed by atoms with Crippen molar-refractivity contribution in [1.82, 2.24) is 19.9 Å². The third-order valence-electron chi connectivity index (χ3n) is 5.28. The normalized spacial score (nSPS) is 15.1. The molecule has 0 aliphatic carbocycles. The minimum Gasteiger partial charge on any atom is -0.338 e. The molecule has 30 heavy (non-hydrogen) atoms. The predicted molar refractivity (Wildman–Crippen MR) is 117 cm³/mol. The lowest BCUT2D eigenvalue weighted by Crippen LogP contribution is -2.47. The molecule has 0 unspecified atom stereocenters. The van der Waals surface area contributed by atoms with Gasteiger partial charge in [0.1, 0.15) is 0 Å². The molecule has 3 aromatic rings. The van der Waals surface area contributed by atoms with Crippen LogP contribution in [0.1, 0.15) is 22.6 Å². The van der Waals surface area contributed by atoms with Gasteiger partial charge in [-0.2, -0.15) is 4.98 Å². The van der Waals surface area contributed by atoms with Crippen molar-refractivity contribution >= 4 is 12.0 Å². The van der Waals surface area contributed by atoms with E-state index in [9.17, 15) is 4.79 Å². The fourth-order valence-electron chi connectivity index (χ4n) is 3.50. The highest BCUT2D eigenvalue weighted by molar-refractivity contribution is 5.91. The standard InChI is InChI=1S/C24H26N4O2/c1-18-6-9-21(10-7-18)24-25-22(30-26-24)17-27-12-14-28(15-13-27)23(29)11-8-20-5-3-4-19(2)16-20/h3-11,16H,12-15,17H2,1-2H3. The van der Waals surface area contributed by atoms with Crippen LogP contribution in [0.3, 0.4) is 0 Å². The Morgan fingerprint density at radius 3 is 2.53 bits per heavy atom. The Bertz CT molecular complexity index is 1030. The van der Waals surface area contributed by atoms with Gasteiger partial charge in [-0.25, -0.2) is 0 Å². The summed E-state index contributed by atoms with van der Waals surface area (Å²) in [5.41, 5.74) is 4.38. The number of hydrogen-bond donors (Lipinski definition) is 0. The second-order valence-corrected chi connectivity index (χ2v) is 7.73. The van der Waals surface area contributed by atoms with Crippen LogP contribution in [-0.2, 0) is 11.3 Å². The number of piperazine rings is 1. The van der Waals surface area contributed by atoms with E-state index >= 15 is 0 Å².